The molecule has 0 bridgehead atoms. The number of aromatic nitrogens is 3. The Hall–Kier alpha value is -2.51. The van der Waals surface area contributed by atoms with Crippen LogP contribution in [0.3, 0.4) is 0 Å². The molecule has 132 valence electrons. The Labute approximate surface area is 158 Å². The number of fused-ring (bicyclic) bond motifs is 1. The van der Waals surface area contributed by atoms with E-state index in [2.05, 4.69) is 17.0 Å². The summed E-state index contributed by atoms with van der Waals surface area (Å²) in [7, 11) is 0. The Kier molecular flexibility index (Phi) is 4.81. The number of benzene rings is 1. The third kappa shape index (κ3) is 3.40. The van der Waals surface area contributed by atoms with Gasteiger partial charge in [-0.3, -0.25) is 4.79 Å². The van der Waals surface area contributed by atoms with Crippen molar-refractivity contribution in [3.63, 3.8) is 0 Å². The fourth-order valence-electron chi connectivity index (χ4n) is 2.49. The average Bonchev–Trinajstić information content (AvgIpc) is 3.36. The fourth-order valence-corrected chi connectivity index (χ4v) is 4.05. The zero-order chi connectivity index (χ0) is 17.9. The predicted octanol–water partition coefficient (Wildman–Crippen LogP) is 3.61. The van der Waals surface area contributed by atoms with Crippen LogP contribution in [0.1, 0.15) is 25.3 Å². The summed E-state index contributed by atoms with van der Waals surface area (Å²) in [5, 5.41) is 6.32. The van der Waals surface area contributed by atoms with Gasteiger partial charge in [0.15, 0.2) is 5.82 Å². The van der Waals surface area contributed by atoms with Crippen molar-refractivity contribution < 1.29 is 4.74 Å². The lowest BCUT2D eigenvalue weighted by Crippen LogP contribution is -2.23. The van der Waals surface area contributed by atoms with Gasteiger partial charge in [-0.05, 0) is 41.6 Å². The molecule has 3 heterocycles. The molecule has 0 unspecified atom stereocenters. The van der Waals surface area contributed by atoms with Crippen LogP contribution >= 0.6 is 22.7 Å². The zero-order valence-electron chi connectivity index (χ0n) is 14.2. The Morgan fingerprint density at radius 1 is 1.23 bits per heavy atom. The van der Waals surface area contributed by atoms with E-state index >= 15 is 0 Å². The van der Waals surface area contributed by atoms with Gasteiger partial charge < -0.3 is 4.74 Å². The lowest BCUT2D eigenvalue weighted by Gasteiger charge is -2.04. The summed E-state index contributed by atoms with van der Waals surface area (Å²) in [5.41, 5.74) is 0.816. The van der Waals surface area contributed by atoms with Crippen molar-refractivity contribution in [1.82, 2.24) is 14.6 Å². The van der Waals surface area contributed by atoms with Gasteiger partial charge in [-0.2, -0.15) is 9.50 Å². The van der Waals surface area contributed by atoms with Gasteiger partial charge in [0.1, 0.15) is 5.75 Å². The van der Waals surface area contributed by atoms with Crippen LogP contribution in [0.5, 0.6) is 5.75 Å². The SMILES string of the molecule is CCCCOc1ccc(C=c2sc3nc(-c4cccs4)nn3c2=O)cc1. The zero-order valence-corrected chi connectivity index (χ0v) is 15.8. The monoisotopic (exact) mass is 383 g/mol. The molecule has 0 aliphatic heterocycles. The predicted molar refractivity (Wildman–Crippen MR) is 106 cm³/mol. The quantitative estimate of drug-likeness (QED) is 0.477. The molecule has 0 fully saturated rings. The molecule has 7 heteroatoms. The molecule has 0 radical (unpaired) electrons. The van der Waals surface area contributed by atoms with Gasteiger partial charge in [0, 0.05) is 0 Å². The average molecular weight is 383 g/mol. The van der Waals surface area contributed by atoms with Crippen LogP contribution < -0.4 is 14.8 Å². The number of rotatable bonds is 6. The molecular weight excluding hydrogens is 366 g/mol. The first-order valence-corrected chi connectivity index (χ1v) is 10.1. The molecule has 26 heavy (non-hydrogen) atoms. The molecule has 1 aromatic carbocycles. The van der Waals surface area contributed by atoms with Crippen LogP contribution in [-0.2, 0) is 0 Å². The van der Waals surface area contributed by atoms with E-state index in [0.717, 1.165) is 35.6 Å². The molecule has 4 rings (SSSR count). The number of ether oxygens (including phenoxy) is 1. The van der Waals surface area contributed by atoms with Gasteiger partial charge in [-0.25, -0.2) is 0 Å². The summed E-state index contributed by atoms with van der Waals surface area (Å²) in [4.78, 5) is 18.6. The molecule has 0 amide bonds. The van der Waals surface area contributed by atoms with Gasteiger partial charge in [0.05, 0.1) is 16.0 Å². The fraction of sp³-hybridized carbons (Fsp3) is 0.211. The molecule has 0 saturated carbocycles. The number of nitrogens with zero attached hydrogens (tertiary/aromatic N) is 3. The van der Waals surface area contributed by atoms with Crippen molar-refractivity contribution in [3.8, 4) is 16.5 Å². The Morgan fingerprint density at radius 3 is 2.77 bits per heavy atom. The standard InChI is InChI=1S/C19H17N3O2S2/c1-2-3-10-24-14-8-6-13(7-9-14)12-16-18(23)22-19(26-16)20-17(21-22)15-5-4-11-25-15/h4-9,11-12H,2-3,10H2,1H3. The van der Waals surface area contributed by atoms with E-state index < -0.39 is 0 Å². The van der Waals surface area contributed by atoms with Gasteiger partial charge in [0.25, 0.3) is 5.56 Å². The number of thiophene rings is 1. The van der Waals surface area contributed by atoms with Crippen LogP contribution in [0.25, 0.3) is 21.7 Å². The second-order valence-corrected chi connectivity index (χ2v) is 7.75. The van der Waals surface area contributed by atoms with E-state index in [-0.39, 0.29) is 5.56 Å². The minimum Gasteiger partial charge on any atom is -0.494 e. The van der Waals surface area contributed by atoms with Crippen LogP contribution in [0, 0.1) is 0 Å². The first-order chi connectivity index (χ1) is 12.7. The summed E-state index contributed by atoms with van der Waals surface area (Å²) in [5.74, 6) is 1.45. The molecule has 4 aromatic rings. The number of thiazole rings is 1. The smallest absolute Gasteiger partial charge is 0.291 e. The Bertz CT molecular complexity index is 1110. The molecule has 0 atom stereocenters. The minimum absolute atomic E-state index is 0.136. The lowest BCUT2D eigenvalue weighted by molar-refractivity contribution is 0.309. The maximum atomic E-state index is 12.6. The summed E-state index contributed by atoms with van der Waals surface area (Å²) >= 11 is 2.91. The summed E-state index contributed by atoms with van der Waals surface area (Å²) < 4.78 is 7.67. The maximum absolute atomic E-state index is 12.6. The Morgan fingerprint density at radius 2 is 2.08 bits per heavy atom. The highest BCUT2D eigenvalue weighted by Gasteiger charge is 2.12. The number of unbranched alkanes of at least 4 members (excludes halogenated alkanes) is 1. The lowest BCUT2D eigenvalue weighted by atomic mass is 10.2. The van der Waals surface area contributed by atoms with Crippen LogP contribution in [0.4, 0.5) is 0 Å². The molecule has 0 aliphatic carbocycles. The molecule has 3 aromatic heterocycles. The third-order valence-corrected chi connectivity index (χ3v) is 5.69. The summed E-state index contributed by atoms with van der Waals surface area (Å²) in [6.07, 6.45) is 4.02. The molecular formula is C19H17N3O2S2. The van der Waals surface area contributed by atoms with Crippen LogP contribution in [0.15, 0.2) is 46.6 Å². The number of hydrogen-bond donors (Lipinski definition) is 0. The first-order valence-electron chi connectivity index (χ1n) is 8.42. The van der Waals surface area contributed by atoms with E-state index in [4.69, 9.17) is 4.74 Å². The third-order valence-electron chi connectivity index (χ3n) is 3.87. The Balaban J connectivity index is 1.61. The van der Waals surface area contributed by atoms with Gasteiger partial charge in [-0.15, -0.1) is 16.4 Å². The van der Waals surface area contributed by atoms with E-state index in [0.29, 0.717) is 15.3 Å². The highest BCUT2D eigenvalue weighted by Crippen LogP contribution is 2.21. The van der Waals surface area contributed by atoms with E-state index in [1.807, 2.05) is 47.9 Å². The maximum Gasteiger partial charge on any atom is 0.291 e. The van der Waals surface area contributed by atoms with Gasteiger partial charge >= 0.3 is 0 Å². The highest BCUT2D eigenvalue weighted by atomic mass is 32.1. The van der Waals surface area contributed by atoms with Gasteiger partial charge in [-0.1, -0.05) is 42.9 Å². The van der Waals surface area contributed by atoms with Crippen LogP contribution in [-0.4, -0.2) is 21.2 Å². The number of hydrogen-bond acceptors (Lipinski definition) is 6. The normalized spacial score (nSPS) is 12.1. The van der Waals surface area contributed by atoms with Crippen molar-refractivity contribution in [3.05, 3.63) is 62.2 Å². The van der Waals surface area contributed by atoms with E-state index in [1.54, 1.807) is 11.3 Å². The molecule has 0 spiro atoms. The summed E-state index contributed by atoms with van der Waals surface area (Å²) in [6.45, 7) is 2.86. The first kappa shape index (κ1) is 16.9. The summed E-state index contributed by atoms with van der Waals surface area (Å²) in [6, 6.07) is 11.7. The molecule has 0 aliphatic rings. The van der Waals surface area contributed by atoms with Gasteiger partial charge in [0.2, 0.25) is 4.96 Å². The van der Waals surface area contributed by atoms with Crippen molar-refractivity contribution in [2.75, 3.05) is 6.61 Å². The van der Waals surface area contributed by atoms with Crippen molar-refractivity contribution in [2.24, 2.45) is 0 Å². The van der Waals surface area contributed by atoms with Crippen LogP contribution in [0.2, 0.25) is 0 Å². The topological polar surface area (TPSA) is 56.5 Å². The molecule has 0 saturated heterocycles. The molecule has 5 nitrogen and oxygen atoms in total. The van der Waals surface area contributed by atoms with E-state index in [1.165, 1.54) is 15.9 Å². The molecule has 0 N–H and O–H groups in total. The van der Waals surface area contributed by atoms with Crippen molar-refractivity contribution >= 4 is 33.7 Å². The minimum atomic E-state index is -0.136. The largest absolute Gasteiger partial charge is 0.494 e. The second kappa shape index (κ2) is 7.39. The van der Waals surface area contributed by atoms with Crippen molar-refractivity contribution in [1.29, 1.82) is 0 Å². The van der Waals surface area contributed by atoms with E-state index in [9.17, 15) is 4.79 Å². The van der Waals surface area contributed by atoms with Crippen molar-refractivity contribution in [2.45, 2.75) is 19.8 Å². The highest BCUT2D eigenvalue weighted by molar-refractivity contribution is 7.15. The second-order valence-electron chi connectivity index (χ2n) is 5.79.